The standard InChI is InChI=1S/C19H32O8/c1-3-10-14(20)18(24)26-16(22)12-8-6-5-7-9-13-17(23)27-19(25)15(21)11-4-2/h18-19,24-25H,3-13H2,1-2H3. The first kappa shape index (κ1) is 25.2. The monoisotopic (exact) mass is 388 g/mol. The number of aliphatic hydroxyl groups is 2. The van der Waals surface area contributed by atoms with Gasteiger partial charge in [0.2, 0.25) is 11.6 Å². The first-order chi connectivity index (χ1) is 12.8. The van der Waals surface area contributed by atoms with Crippen molar-refractivity contribution in [1.29, 1.82) is 0 Å². The van der Waals surface area contributed by atoms with Gasteiger partial charge in [-0.3, -0.25) is 19.2 Å². The normalized spacial score (nSPS) is 12.9. The number of aliphatic hydroxyl groups excluding tert-OH is 2. The van der Waals surface area contributed by atoms with E-state index >= 15 is 0 Å². The van der Waals surface area contributed by atoms with Crippen LogP contribution in [-0.4, -0.2) is 46.3 Å². The molecule has 0 saturated heterocycles. The molecule has 2 atom stereocenters. The molecule has 0 amide bonds. The Labute approximate surface area is 160 Å². The topological polar surface area (TPSA) is 127 Å². The number of ketones is 2. The van der Waals surface area contributed by atoms with Gasteiger partial charge in [-0.05, 0) is 25.7 Å². The number of ether oxygens (including phenoxy) is 2. The maximum Gasteiger partial charge on any atom is 0.308 e. The van der Waals surface area contributed by atoms with Crippen LogP contribution in [-0.2, 0) is 28.7 Å². The Morgan fingerprint density at radius 2 is 0.963 bits per heavy atom. The Balaban J connectivity index is 3.69. The molecule has 0 heterocycles. The van der Waals surface area contributed by atoms with Crippen molar-refractivity contribution in [2.75, 3.05) is 0 Å². The van der Waals surface area contributed by atoms with E-state index in [1.54, 1.807) is 13.8 Å². The molecule has 0 bridgehead atoms. The van der Waals surface area contributed by atoms with Crippen molar-refractivity contribution >= 4 is 23.5 Å². The molecular formula is C19H32O8. The first-order valence-electron chi connectivity index (χ1n) is 9.62. The minimum Gasteiger partial charge on any atom is -0.428 e. The van der Waals surface area contributed by atoms with Gasteiger partial charge in [0, 0.05) is 25.7 Å². The van der Waals surface area contributed by atoms with Crippen LogP contribution in [0.25, 0.3) is 0 Å². The van der Waals surface area contributed by atoms with Crippen LogP contribution in [0.5, 0.6) is 0 Å². The molecule has 0 saturated carbocycles. The maximum absolute atomic E-state index is 11.5. The summed E-state index contributed by atoms with van der Waals surface area (Å²) >= 11 is 0. The zero-order chi connectivity index (χ0) is 20.7. The van der Waals surface area contributed by atoms with E-state index in [2.05, 4.69) is 9.47 Å². The summed E-state index contributed by atoms with van der Waals surface area (Å²) < 4.78 is 9.30. The average molecular weight is 388 g/mol. The minimum absolute atomic E-state index is 0.115. The molecule has 0 aromatic heterocycles. The Kier molecular flexibility index (Phi) is 14.3. The highest BCUT2D eigenvalue weighted by Gasteiger charge is 2.19. The van der Waals surface area contributed by atoms with Crippen molar-refractivity contribution in [1.82, 2.24) is 0 Å². The predicted molar refractivity (Wildman–Crippen MR) is 96.3 cm³/mol. The summed E-state index contributed by atoms with van der Waals surface area (Å²) in [4.78, 5) is 45.6. The van der Waals surface area contributed by atoms with E-state index in [1.807, 2.05) is 0 Å². The number of rotatable bonds is 16. The number of Topliss-reactive ketones (excluding diaryl/α,β-unsaturated/α-hetero) is 2. The van der Waals surface area contributed by atoms with E-state index in [0.29, 0.717) is 25.7 Å². The lowest BCUT2D eigenvalue weighted by Gasteiger charge is -2.11. The summed E-state index contributed by atoms with van der Waals surface area (Å²) in [6.07, 6.45) is 1.74. The van der Waals surface area contributed by atoms with Gasteiger partial charge < -0.3 is 19.7 Å². The quantitative estimate of drug-likeness (QED) is 0.234. The van der Waals surface area contributed by atoms with Crippen molar-refractivity contribution < 1.29 is 38.9 Å². The minimum atomic E-state index is -1.68. The lowest BCUT2D eigenvalue weighted by atomic mass is 10.1. The molecule has 0 spiro atoms. The lowest BCUT2D eigenvalue weighted by Crippen LogP contribution is -2.26. The van der Waals surface area contributed by atoms with E-state index in [4.69, 9.17) is 0 Å². The second-order valence-corrected chi connectivity index (χ2v) is 6.38. The molecule has 0 aliphatic heterocycles. The third-order valence-electron chi connectivity index (χ3n) is 3.79. The molecule has 0 aromatic carbocycles. The van der Waals surface area contributed by atoms with Gasteiger partial charge in [0.25, 0.3) is 12.6 Å². The average Bonchev–Trinajstić information content (AvgIpc) is 2.61. The summed E-state index contributed by atoms with van der Waals surface area (Å²) in [6.45, 7) is 3.58. The second kappa shape index (κ2) is 15.3. The van der Waals surface area contributed by atoms with Gasteiger partial charge in [-0.2, -0.15) is 0 Å². The Morgan fingerprint density at radius 3 is 1.30 bits per heavy atom. The van der Waals surface area contributed by atoms with Crippen LogP contribution in [0.4, 0.5) is 0 Å². The molecule has 27 heavy (non-hydrogen) atoms. The molecule has 2 unspecified atom stereocenters. The van der Waals surface area contributed by atoms with Crippen LogP contribution in [0.3, 0.4) is 0 Å². The summed E-state index contributed by atoms with van der Waals surface area (Å²) in [6, 6.07) is 0. The third kappa shape index (κ3) is 13.1. The zero-order valence-electron chi connectivity index (χ0n) is 16.3. The van der Waals surface area contributed by atoms with Crippen LogP contribution in [0, 0.1) is 0 Å². The van der Waals surface area contributed by atoms with Crippen LogP contribution in [0.2, 0.25) is 0 Å². The lowest BCUT2D eigenvalue weighted by molar-refractivity contribution is -0.175. The number of esters is 2. The van der Waals surface area contributed by atoms with Crippen LogP contribution in [0.1, 0.15) is 84.5 Å². The van der Waals surface area contributed by atoms with Gasteiger partial charge >= 0.3 is 11.9 Å². The van der Waals surface area contributed by atoms with Crippen LogP contribution in [0.15, 0.2) is 0 Å². The molecule has 0 aliphatic rings. The molecule has 8 nitrogen and oxygen atoms in total. The van der Waals surface area contributed by atoms with Gasteiger partial charge in [0.15, 0.2) is 0 Å². The van der Waals surface area contributed by atoms with Gasteiger partial charge in [-0.15, -0.1) is 0 Å². The number of carbonyl (C=O) groups excluding carboxylic acids is 4. The molecule has 0 radical (unpaired) electrons. The van der Waals surface area contributed by atoms with Crippen molar-refractivity contribution in [2.24, 2.45) is 0 Å². The summed E-state index contributed by atoms with van der Waals surface area (Å²) in [5.74, 6) is -2.22. The Morgan fingerprint density at radius 1 is 0.630 bits per heavy atom. The summed E-state index contributed by atoms with van der Waals surface area (Å²) in [5, 5.41) is 18.8. The van der Waals surface area contributed by atoms with Gasteiger partial charge in [0.1, 0.15) is 0 Å². The highest BCUT2D eigenvalue weighted by Crippen LogP contribution is 2.10. The van der Waals surface area contributed by atoms with Crippen molar-refractivity contribution in [2.45, 2.75) is 97.1 Å². The largest absolute Gasteiger partial charge is 0.428 e. The molecular weight excluding hydrogens is 356 g/mol. The molecule has 156 valence electrons. The fourth-order valence-electron chi connectivity index (χ4n) is 2.31. The SMILES string of the molecule is CCCC(=O)C(O)OC(=O)CCCCCCCC(=O)OC(O)C(=O)CCC. The fraction of sp³-hybridized carbons (Fsp3) is 0.789. The van der Waals surface area contributed by atoms with Crippen LogP contribution >= 0.6 is 0 Å². The molecule has 0 fully saturated rings. The molecule has 0 aromatic rings. The second-order valence-electron chi connectivity index (χ2n) is 6.38. The highest BCUT2D eigenvalue weighted by molar-refractivity contribution is 5.84. The Bertz CT molecular complexity index is 432. The molecule has 0 aliphatic carbocycles. The van der Waals surface area contributed by atoms with Gasteiger partial charge in [-0.1, -0.05) is 33.1 Å². The van der Waals surface area contributed by atoms with Crippen LogP contribution < -0.4 is 0 Å². The van der Waals surface area contributed by atoms with Crippen molar-refractivity contribution in [3.8, 4) is 0 Å². The number of carbonyl (C=O) groups is 4. The maximum atomic E-state index is 11.5. The highest BCUT2D eigenvalue weighted by atomic mass is 16.6. The summed E-state index contributed by atoms with van der Waals surface area (Å²) in [5.41, 5.74) is 0. The molecule has 2 N–H and O–H groups in total. The van der Waals surface area contributed by atoms with E-state index in [-0.39, 0.29) is 25.7 Å². The zero-order valence-corrected chi connectivity index (χ0v) is 16.3. The predicted octanol–water partition coefficient (Wildman–Crippen LogP) is 2.18. The van der Waals surface area contributed by atoms with Gasteiger partial charge in [-0.25, -0.2) is 0 Å². The van der Waals surface area contributed by atoms with E-state index in [0.717, 1.165) is 19.3 Å². The molecule has 0 rings (SSSR count). The van der Waals surface area contributed by atoms with E-state index in [1.165, 1.54) is 0 Å². The summed E-state index contributed by atoms with van der Waals surface area (Å²) in [7, 11) is 0. The fourth-order valence-corrected chi connectivity index (χ4v) is 2.31. The van der Waals surface area contributed by atoms with Crippen molar-refractivity contribution in [3.05, 3.63) is 0 Å². The third-order valence-corrected chi connectivity index (χ3v) is 3.79. The first-order valence-corrected chi connectivity index (χ1v) is 9.62. The van der Waals surface area contributed by atoms with E-state index < -0.39 is 36.1 Å². The van der Waals surface area contributed by atoms with Gasteiger partial charge in [0.05, 0.1) is 0 Å². The number of unbranched alkanes of at least 4 members (excludes halogenated alkanes) is 4. The number of hydrogen-bond donors (Lipinski definition) is 2. The molecule has 8 heteroatoms. The van der Waals surface area contributed by atoms with Crippen molar-refractivity contribution in [3.63, 3.8) is 0 Å². The Hall–Kier alpha value is -1.80. The number of hydrogen-bond acceptors (Lipinski definition) is 8. The smallest absolute Gasteiger partial charge is 0.308 e. The van der Waals surface area contributed by atoms with E-state index in [9.17, 15) is 29.4 Å².